The molecule has 0 spiro atoms. The van der Waals surface area contributed by atoms with Crippen LogP contribution in [0.5, 0.6) is 5.75 Å². The molecule has 0 aromatic heterocycles. The van der Waals surface area contributed by atoms with Crippen LogP contribution in [0.4, 0.5) is 0 Å². The third-order valence-electron chi connectivity index (χ3n) is 6.07. The van der Waals surface area contributed by atoms with Gasteiger partial charge in [-0.05, 0) is 68.4 Å². The highest BCUT2D eigenvalue weighted by atomic mass is 32.2. The van der Waals surface area contributed by atoms with Crippen molar-refractivity contribution in [1.29, 1.82) is 0 Å². The molecule has 6 nitrogen and oxygen atoms in total. The van der Waals surface area contributed by atoms with Gasteiger partial charge >= 0.3 is 0 Å². The van der Waals surface area contributed by atoms with E-state index in [4.69, 9.17) is 4.74 Å². The van der Waals surface area contributed by atoms with Crippen LogP contribution in [0, 0.1) is 13.8 Å². The molecule has 0 bridgehead atoms. The van der Waals surface area contributed by atoms with Gasteiger partial charge in [0.15, 0.2) is 0 Å². The molecule has 2 aromatic carbocycles. The smallest absolute Gasteiger partial charge is 0.243 e. The van der Waals surface area contributed by atoms with Gasteiger partial charge in [-0.25, -0.2) is 8.42 Å². The number of nitrogens with one attached hydrogen (secondary N) is 1. The van der Waals surface area contributed by atoms with E-state index in [2.05, 4.69) is 5.32 Å². The molecular weight excluding hydrogens is 436 g/mol. The van der Waals surface area contributed by atoms with Crippen molar-refractivity contribution in [2.45, 2.75) is 63.7 Å². The van der Waals surface area contributed by atoms with Crippen molar-refractivity contribution < 1.29 is 17.9 Å². The fourth-order valence-electron chi connectivity index (χ4n) is 4.13. The van der Waals surface area contributed by atoms with E-state index in [-0.39, 0.29) is 5.91 Å². The van der Waals surface area contributed by atoms with Crippen molar-refractivity contribution in [2.24, 2.45) is 0 Å². The fourth-order valence-corrected chi connectivity index (χ4v) is 5.64. The lowest BCUT2D eigenvalue weighted by molar-refractivity contribution is -0.121. The van der Waals surface area contributed by atoms with Gasteiger partial charge in [0.2, 0.25) is 15.9 Å². The first-order valence-corrected chi connectivity index (χ1v) is 13.4. The van der Waals surface area contributed by atoms with E-state index >= 15 is 0 Å². The van der Waals surface area contributed by atoms with Crippen LogP contribution in [0.2, 0.25) is 0 Å². The minimum absolute atomic E-state index is 0.000432. The Morgan fingerprint density at radius 3 is 2.24 bits per heavy atom. The Morgan fingerprint density at radius 1 is 0.970 bits per heavy atom. The largest absolute Gasteiger partial charge is 0.493 e. The normalized spacial score (nSPS) is 15.1. The first-order chi connectivity index (χ1) is 15.9. The number of carbonyl (C=O) groups excluding carboxylic acids is 1. The molecule has 0 unspecified atom stereocenters. The number of hydrogen-bond donors (Lipinski definition) is 1. The summed E-state index contributed by atoms with van der Waals surface area (Å²) in [5, 5.41) is 2.94. The van der Waals surface area contributed by atoms with Gasteiger partial charge in [-0.2, -0.15) is 4.31 Å². The SMILES string of the molecule is Cc1cccc(C)c1OCCCC(=O)NCCc1ccc(S(=O)(=O)N2CCCCCC2)cc1. The summed E-state index contributed by atoms with van der Waals surface area (Å²) in [4.78, 5) is 12.5. The number of amides is 1. The van der Waals surface area contributed by atoms with E-state index < -0.39 is 10.0 Å². The summed E-state index contributed by atoms with van der Waals surface area (Å²) in [6, 6.07) is 13.1. The zero-order chi connectivity index (χ0) is 23.7. The van der Waals surface area contributed by atoms with Gasteiger partial charge < -0.3 is 10.1 Å². The number of ether oxygens (including phenoxy) is 1. The van der Waals surface area contributed by atoms with Crippen LogP contribution in [0.1, 0.15) is 55.2 Å². The fraction of sp³-hybridized carbons (Fsp3) is 0.500. The van der Waals surface area contributed by atoms with Crippen molar-refractivity contribution in [3.05, 3.63) is 59.2 Å². The summed E-state index contributed by atoms with van der Waals surface area (Å²) in [7, 11) is -3.42. The van der Waals surface area contributed by atoms with Crippen LogP contribution < -0.4 is 10.1 Å². The molecule has 1 aliphatic heterocycles. The summed E-state index contributed by atoms with van der Waals surface area (Å²) in [6.45, 7) is 6.27. The predicted molar refractivity (Wildman–Crippen MR) is 131 cm³/mol. The van der Waals surface area contributed by atoms with Crippen molar-refractivity contribution in [2.75, 3.05) is 26.2 Å². The van der Waals surface area contributed by atoms with Gasteiger partial charge in [-0.15, -0.1) is 0 Å². The van der Waals surface area contributed by atoms with Crippen LogP contribution in [-0.4, -0.2) is 44.9 Å². The highest BCUT2D eigenvalue weighted by Crippen LogP contribution is 2.23. The highest BCUT2D eigenvalue weighted by molar-refractivity contribution is 7.89. The van der Waals surface area contributed by atoms with E-state index in [1.54, 1.807) is 16.4 Å². The Balaban J connectivity index is 1.38. The van der Waals surface area contributed by atoms with Gasteiger partial charge in [-0.3, -0.25) is 4.79 Å². The van der Waals surface area contributed by atoms with Gasteiger partial charge in [0.25, 0.3) is 0 Å². The molecule has 7 heteroatoms. The summed E-state index contributed by atoms with van der Waals surface area (Å²) >= 11 is 0. The average molecular weight is 473 g/mol. The van der Waals surface area contributed by atoms with E-state index in [1.807, 2.05) is 44.2 Å². The third-order valence-corrected chi connectivity index (χ3v) is 7.98. The summed E-state index contributed by atoms with van der Waals surface area (Å²) in [5.41, 5.74) is 3.21. The van der Waals surface area contributed by atoms with Gasteiger partial charge in [0.05, 0.1) is 11.5 Å². The third kappa shape index (κ3) is 7.30. The topological polar surface area (TPSA) is 75.7 Å². The Morgan fingerprint density at radius 2 is 1.61 bits per heavy atom. The minimum Gasteiger partial charge on any atom is -0.493 e. The number of nitrogens with zero attached hydrogens (tertiary/aromatic N) is 1. The second-order valence-corrected chi connectivity index (χ2v) is 10.7. The van der Waals surface area contributed by atoms with Crippen LogP contribution in [0.3, 0.4) is 0 Å². The lowest BCUT2D eigenvalue weighted by Crippen LogP contribution is -2.31. The lowest BCUT2D eigenvalue weighted by Gasteiger charge is -2.20. The van der Waals surface area contributed by atoms with E-state index in [0.717, 1.165) is 48.1 Å². The standard InChI is InChI=1S/C26H36N2O4S/c1-21-9-7-10-22(2)26(21)32-20-8-11-25(29)27-17-16-23-12-14-24(15-13-23)33(30,31)28-18-5-3-4-6-19-28/h7,9-10,12-15H,3-6,8,11,16-20H2,1-2H3,(H,27,29). The number of hydrogen-bond acceptors (Lipinski definition) is 4. The molecule has 1 amide bonds. The molecule has 0 aliphatic carbocycles. The monoisotopic (exact) mass is 472 g/mol. The van der Waals surface area contributed by atoms with Crippen LogP contribution in [-0.2, 0) is 21.2 Å². The molecule has 1 fully saturated rings. The lowest BCUT2D eigenvalue weighted by atomic mass is 10.1. The van der Waals surface area contributed by atoms with Crippen LogP contribution >= 0.6 is 0 Å². The molecule has 0 saturated carbocycles. The Labute approximate surface area is 198 Å². The highest BCUT2D eigenvalue weighted by Gasteiger charge is 2.24. The molecule has 3 rings (SSSR count). The number of sulfonamides is 1. The maximum Gasteiger partial charge on any atom is 0.243 e. The second-order valence-electron chi connectivity index (χ2n) is 8.74. The molecule has 1 saturated heterocycles. The Hall–Kier alpha value is -2.38. The summed E-state index contributed by atoms with van der Waals surface area (Å²) < 4.78 is 33.2. The number of carbonyl (C=O) groups is 1. The van der Waals surface area contributed by atoms with Gasteiger partial charge in [0.1, 0.15) is 5.75 Å². The van der Waals surface area contributed by atoms with Gasteiger partial charge in [0, 0.05) is 26.1 Å². The van der Waals surface area contributed by atoms with Gasteiger partial charge in [-0.1, -0.05) is 43.2 Å². The molecule has 180 valence electrons. The molecule has 33 heavy (non-hydrogen) atoms. The van der Waals surface area contributed by atoms with Crippen molar-refractivity contribution in [3.63, 3.8) is 0 Å². The second kappa shape index (κ2) is 12.2. The van der Waals surface area contributed by atoms with Crippen molar-refractivity contribution >= 4 is 15.9 Å². The Kier molecular flexibility index (Phi) is 9.32. The van der Waals surface area contributed by atoms with E-state index in [0.29, 0.717) is 50.4 Å². The first kappa shape index (κ1) is 25.2. The van der Waals surface area contributed by atoms with Crippen LogP contribution in [0.15, 0.2) is 47.4 Å². The molecule has 2 aromatic rings. The van der Waals surface area contributed by atoms with Crippen molar-refractivity contribution in [3.8, 4) is 5.75 Å². The molecule has 1 heterocycles. The number of aryl methyl sites for hydroxylation is 2. The summed E-state index contributed by atoms with van der Waals surface area (Å²) in [5.74, 6) is 0.902. The first-order valence-electron chi connectivity index (χ1n) is 11.9. The zero-order valence-electron chi connectivity index (χ0n) is 19.8. The molecule has 1 N–H and O–H groups in total. The quantitative estimate of drug-likeness (QED) is 0.521. The molecule has 1 aliphatic rings. The van der Waals surface area contributed by atoms with E-state index in [9.17, 15) is 13.2 Å². The maximum atomic E-state index is 12.9. The molecule has 0 atom stereocenters. The number of benzene rings is 2. The van der Waals surface area contributed by atoms with Crippen molar-refractivity contribution in [1.82, 2.24) is 9.62 Å². The van der Waals surface area contributed by atoms with E-state index in [1.165, 1.54) is 0 Å². The number of rotatable bonds is 10. The molecule has 0 radical (unpaired) electrons. The predicted octanol–water partition coefficient (Wildman–Crippen LogP) is 4.39. The minimum atomic E-state index is -3.42. The van der Waals surface area contributed by atoms with Crippen LogP contribution in [0.25, 0.3) is 0 Å². The summed E-state index contributed by atoms with van der Waals surface area (Å²) in [6.07, 6.45) is 5.77. The molecular formula is C26H36N2O4S. The average Bonchev–Trinajstić information content (AvgIpc) is 3.09. The zero-order valence-corrected chi connectivity index (χ0v) is 20.6. The Bertz CT molecular complexity index is 991. The number of para-hydroxylation sites is 1. The maximum absolute atomic E-state index is 12.9.